The highest BCUT2D eigenvalue weighted by Gasteiger charge is 2.39. The molecule has 41 heavy (non-hydrogen) atoms. The molecule has 0 amide bonds. The lowest BCUT2D eigenvalue weighted by atomic mass is 10.1. The number of rotatable bonds is 12. The number of hydrogen-bond donors (Lipinski definition) is 2. The summed E-state index contributed by atoms with van der Waals surface area (Å²) in [5.41, 5.74) is 0.527. The zero-order chi connectivity index (χ0) is 29.7. The topological polar surface area (TPSA) is 149 Å². The molecule has 0 radical (unpaired) electrons. The lowest BCUT2D eigenvalue weighted by molar-refractivity contribution is 0.171. The first kappa shape index (κ1) is 29.4. The average molecular weight is 582 g/mol. The summed E-state index contributed by atoms with van der Waals surface area (Å²) in [6, 6.07) is 18.4. The maximum absolute atomic E-state index is 14.2. The summed E-state index contributed by atoms with van der Waals surface area (Å²) >= 11 is 0. The molecule has 2 atom stereocenters. The molecule has 0 spiro atoms. The zero-order valence-corrected chi connectivity index (χ0v) is 24.1. The Morgan fingerprint density at radius 3 is 2.41 bits per heavy atom. The van der Waals surface area contributed by atoms with Crippen molar-refractivity contribution in [3.05, 3.63) is 66.2 Å². The van der Waals surface area contributed by atoms with Crippen LogP contribution in [0.15, 0.2) is 48.5 Å². The van der Waals surface area contributed by atoms with Gasteiger partial charge in [0.15, 0.2) is 11.5 Å². The predicted octanol–water partition coefficient (Wildman–Crippen LogP) is 3.33. The van der Waals surface area contributed by atoms with Gasteiger partial charge in [-0.2, -0.15) is 0 Å². The summed E-state index contributed by atoms with van der Waals surface area (Å²) < 4.78 is 46.9. The fourth-order valence-electron chi connectivity index (χ4n) is 4.32. The monoisotopic (exact) mass is 581 g/mol. The van der Waals surface area contributed by atoms with Crippen LogP contribution in [-0.4, -0.2) is 71.5 Å². The van der Waals surface area contributed by atoms with Gasteiger partial charge in [-0.3, -0.25) is 4.57 Å². The Balaban J connectivity index is 1.94. The molecule has 0 unspecified atom stereocenters. The van der Waals surface area contributed by atoms with Crippen molar-refractivity contribution in [2.24, 2.45) is 0 Å². The third-order valence-corrected chi connectivity index (χ3v) is 8.58. The van der Waals surface area contributed by atoms with Gasteiger partial charge in [-0.05, 0) is 37.6 Å². The van der Waals surface area contributed by atoms with Gasteiger partial charge in [0.2, 0.25) is 21.9 Å². The Morgan fingerprint density at radius 1 is 1.02 bits per heavy atom. The van der Waals surface area contributed by atoms with Crippen LogP contribution < -0.4 is 18.5 Å². The zero-order valence-electron chi connectivity index (χ0n) is 23.3. The van der Waals surface area contributed by atoms with Gasteiger partial charge in [-0.25, -0.2) is 17.7 Å². The molecule has 13 heteroatoms. The minimum Gasteiger partial charge on any atom is -0.506 e. The van der Waals surface area contributed by atoms with Crippen molar-refractivity contribution in [2.75, 3.05) is 32.2 Å². The van der Waals surface area contributed by atoms with Crippen molar-refractivity contribution in [2.45, 2.75) is 31.6 Å². The molecule has 0 saturated carbocycles. The fourth-order valence-corrected chi connectivity index (χ4v) is 5.97. The summed E-state index contributed by atoms with van der Waals surface area (Å²) in [5, 5.41) is 29.4. The van der Waals surface area contributed by atoms with Crippen LogP contribution >= 0.6 is 0 Å². The molecule has 4 rings (SSSR count). The number of methoxy groups -OCH3 is 3. The number of benzene rings is 2. The molecule has 216 valence electrons. The lowest BCUT2D eigenvalue weighted by Crippen LogP contribution is -2.42. The highest BCUT2D eigenvalue weighted by molar-refractivity contribution is 7.93. The number of phenols is 1. The van der Waals surface area contributed by atoms with E-state index >= 15 is 0 Å². The number of phenolic OH excluding ortho intramolecular Hbond substituents is 1. The van der Waals surface area contributed by atoms with Gasteiger partial charge in [0.1, 0.15) is 34.3 Å². The van der Waals surface area contributed by atoms with E-state index in [2.05, 4.69) is 27.3 Å². The van der Waals surface area contributed by atoms with Crippen LogP contribution in [0.2, 0.25) is 0 Å². The number of hydrogen-bond acceptors (Lipinski definition) is 10. The number of aliphatic hydroxyl groups excluding tert-OH is 1. The second kappa shape index (κ2) is 12.3. The van der Waals surface area contributed by atoms with E-state index < -0.39 is 21.4 Å². The molecule has 4 aromatic rings. The van der Waals surface area contributed by atoms with Crippen LogP contribution in [0.4, 0.5) is 5.95 Å². The van der Waals surface area contributed by atoms with E-state index in [0.717, 1.165) is 4.31 Å². The van der Waals surface area contributed by atoms with E-state index in [-0.39, 0.29) is 47.1 Å². The first-order valence-corrected chi connectivity index (χ1v) is 14.2. The molecule has 2 N–H and O–H groups in total. The number of aliphatic hydroxyl groups is 1. The molecule has 2 aromatic carbocycles. The number of anilines is 1. The van der Waals surface area contributed by atoms with E-state index in [4.69, 9.17) is 14.2 Å². The smallest absolute Gasteiger partial charge is 0.246 e. The van der Waals surface area contributed by atoms with Gasteiger partial charge in [-0.1, -0.05) is 37.3 Å². The summed E-state index contributed by atoms with van der Waals surface area (Å²) in [5.74, 6) is 0.447. The van der Waals surface area contributed by atoms with Gasteiger partial charge in [0.25, 0.3) is 0 Å². The second-order valence-corrected chi connectivity index (χ2v) is 11.1. The molecule has 2 aromatic heterocycles. The van der Waals surface area contributed by atoms with Crippen LogP contribution in [0.25, 0.3) is 17.2 Å². The molecule has 0 bridgehead atoms. The van der Waals surface area contributed by atoms with E-state index in [1.165, 1.54) is 45.0 Å². The Bertz CT molecular complexity index is 1610. The van der Waals surface area contributed by atoms with Crippen molar-refractivity contribution in [3.8, 4) is 40.3 Å². The van der Waals surface area contributed by atoms with Crippen molar-refractivity contribution >= 4 is 16.0 Å². The number of para-hydroxylation sites is 2. The lowest BCUT2D eigenvalue weighted by Gasteiger charge is -2.29. The molecule has 0 aliphatic heterocycles. The van der Waals surface area contributed by atoms with Crippen molar-refractivity contribution in [1.82, 2.24) is 19.7 Å². The van der Waals surface area contributed by atoms with E-state index in [1.54, 1.807) is 43.3 Å². The number of ether oxygens (including phenoxy) is 3. The van der Waals surface area contributed by atoms with Gasteiger partial charge in [0.05, 0.1) is 27.4 Å². The maximum atomic E-state index is 14.2. The highest BCUT2D eigenvalue weighted by Crippen LogP contribution is 2.39. The Labute approximate surface area is 238 Å². The van der Waals surface area contributed by atoms with Crippen molar-refractivity contribution in [1.29, 1.82) is 0 Å². The fraction of sp³-hybridized carbons (Fsp3) is 0.321. The third kappa shape index (κ3) is 5.57. The minimum atomic E-state index is -4.31. The largest absolute Gasteiger partial charge is 0.506 e. The number of sulfonamides is 1. The quantitative estimate of drug-likeness (QED) is 0.255. The predicted molar refractivity (Wildman–Crippen MR) is 151 cm³/mol. The second-order valence-electron chi connectivity index (χ2n) is 8.91. The number of nitrogens with zero attached hydrogens (tertiary/aromatic N) is 5. The van der Waals surface area contributed by atoms with Gasteiger partial charge < -0.3 is 24.4 Å². The van der Waals surface area contributed by atoms with Crippen LogP contribution in [0.5, 0.6) is 23.1 Å². The van der Waals surface area contributed by atoms with Crippen molar-refractivity contribution in [3.63, 3.8) is 0 Å². The highest BCUT2D eigenvalue weighted by atomic mass is 32.2. The van der Waals surface area contributed by atoms with Gasteiger partial charge in [-0.15, -0.1) is 10.2 Å². The Morgan fingerprint density at radius 2 is 1.73 bits per heavy atom. The first-order chi connectivity index (χ1) is 19.7. The molecule has 0 saturated heterocycles. The van der Waals surface area contributed by atoms with Crippen molar-refractivity contribution < 1.29 is 32.8 Å². The molecule has 12 nitrogen and oxygen atoms in total. The summed E-state index contributed by atoms with van der Waals surface area (Å²) in [6.07, 6.45) is -1.04. The third-order valence-electron chi connectivity index (χ3n) is 6.43. The average Bonchev–Trinajstić information content (AvgIpc) is 3.42. The summed E-state index contributed by atoms with van der Waals surface area (Å²) in [4.78, 5) is 4.36. The van der Waals surface area contributed by atoms with Gasteiger partial charge in [0, 0.05) is 12.1 Å². The summed E-state index contributed by atoms with van der Waals surface area (Å²) in [6.45, 7) is 3.20. The minimum absolute atomic E-state index is 0.0132. The van der Waals surface area contributed by atoms with E-state index in [0.29, 0.717) is 17.7 Å². The van der Waals surface area contributed by atoms with Crippen LogP contribution in [0.3, 0.4) is 0 Å². The number of aromatic hydroxyl groups is 1. The molecular weight excluding hydrogens is 550 g/mol. The van der Waals surface area contributed by atoms with E-state index in [9.17, 15) is 18.6 Å². The molecule has 0 fully saturated rings. The molecule has 0 aliphatic carbocycles. The SMILES string of the molecule is CCCN(c1nnc(-c2c#ccc(OC)n2)n1-c1c(O)cccc1OC)S(=O)(=O)[C@@H](C)[C@H](O)c1ccccc1OC. The normalized spacial score (nSPS) is 12.7. The van der Waals surface area contributed by atoms with Crippen LogP contribution in [0.1, 0.15) is 31.9 Å². The Hall–Kier alpha value is -4.54. The first-order valence-electron chi connectivity index (χ1n) is 12.7. The maximum Gasteiger partial charge on any atom is 0.246 e. The van der Waals surface area contributed by atoms with Crippen LogP contribution in [0, 0.1) is 12.1 Å². The van der Waals surface area contributed by atoms with E-state index in [1.807, 2.05) is 0 Å². The molecular formula is C28H31N5O7S. The molecule has 2 heterocycles. The molecule has 0 aliphatic rings. The summed E-state index contributed by atoms with van der Waals surface area (Å²) in [7, 11) is -0.0198. The Kier molecular flexibility index (Phi) is 8.85. The van der Waals surface area contributed by atoms with Crippen LogP contribution in [-0.2, 0) is 10.0 Å². The standard InChI is InChI=1S/C28H31N5O7S/c1-6-17-32(41(36,37)18(2)26(35)19-11-7-8-14-22(19)38-3)28-31-30-27(20-12-9-16-24(29-20)40-5)33(28)25-21(34)13-10-15-23(25)39-4/h7-8,10-11,13-16,18,26,34-35H,6,17H2,1-5H3/t18-,26-/m0/s1. The number of aromatic nitrogens is 4. The van der Waals surface area contributed by atoms with Gasteiger partial charge >= 0.3 is 0 Å².